The second kappa shape index (κ2) is 7.02. The van der Waals surface area contributed by atoms with E-state index in [1.807, 2.05) is 4.90 Å². The van der Waals surface area contributed by atoms with Crippen LogP contribution in [0.25, 0.3) is 0 Å². The molecule has 18 heavy (non-hydrogen) atoms. The van der Waals surface area contributed by atoms with Gasteiger partial charge in [0.15, 0.2) is 0 Å². The zero-order valence-corrected chi connectivity index (χ0v) is 12.1. The van der Waals surface area contributed by atoms with Crippen molar-refractivity contribution in [1.29, 1.82) is 0 Å². The van der Waals surface area contributed by atoms with Crippen LogP contribution in [0.4, 0.5) is 0 Å². The van der Waals surface area contributed by atoms with Gasteiger partial charge in [0.2, 0.25) is 5.91 Å². The molecule has 5 heteroatoms. The summed E-state index contributed by atoms with van der Waals surface area (Å²) >= 11 is 1.59. The first-order valence-corrected chi connectivity index (χ1v) is 6.86. The number of rotatable bonds is 3. The van der Waals surface area contributed by atoms with Crippen molar-refractivity contribution in [2.45, 2.75) is 24.3 Å². The number of hydrogen-bond acceptors (Lipinski definition) is 3. The molecule has 1 atom stereocenters. The molecule has 1 aliphatic rings. The summed E-state index contributed by atoms with van der Waals surface area (Å²) in [5.74, 6) is 0.707. The van der Waals surface area contributed by atoms with E-state index in [4.69, 9.17) is 5.73 Å². The van der Waals surface area contributed by atoms with Crippen molar-refractivity contribution in [2.24, 2.45) is 5.73 Å². The van der Waals surface area contributed by atoms with Crippen molar-refractivity contribution in [1.82, 2.24) is 4.90 Å². The number of aryl methyl sites for hydroxylation is 1. The second-order valence-electron chi connectivity index (χ2n) is 4.49. The number of carbonyl (C=O) groups excluding carboxylic acids is 1. The Morgan fingerprint density at radius 2 is 2.11 bits per heavy atom. The highest BCUT2D eigenvalue weighted by atomic mass is 35.5. The van der Waals surface area contributed by atoms with Gasteiger partial charge in [-0.2, -0.15) is 0 Å². The molecule has 0 saturated carbocycles. The predicted octanol–water partition coefficient (Wildman–Crippen LogP) is 2.07. The summed E-state index contributed by atoms with van der Waals surface area (Å²) in [6, 6.07) is 8.42. The zero-order chi connectivity index (χ0) is 12.3. The SMILES string of the molecule is Cc1ccc(SCC(=O)N2CC[C@@H](N)C2)cc1.Cl. The number of hydrogen-bond donors (Lipinski definition) is 1. The molecule has 0 aromatic heterocycles. The lowest BCUT2D eigenvalue weighted by atomic mass is 10.2. The number of halogens is 1. The fourth-order valence-electron chi connectivity index (χ4n) is 1.88. The summed E-state index contributed by atoms with van der Waals surface area (Å²) in [6.45, 7) is 3.59. The quantitative estimate of drug-likeness (QED) is 0.866. The molecule has 100 valence electrons. The second-order valence-corrected chi connectivity index (χ2v) is 5.54. The molecular formula is C13H19ClN2OS. The molecule has 1 aromatic carbocycles. The van der Waals surface area contributed by atoms with Crippen LogP contribution in [-0.4, -0.2) is 35.7 Å². The van der Waals surface area contributed by atoms with E-state index in [1.165, 1.54) is 5.56 Å². The van der Waals surface area contributed by atoms with Gasteiger partial charge in [-0.3, -0.25) is 4.79 Å². The number of thioether (sulfide) groups is 1. The van der Waals surface area contributed by atoms with E-state index in [0.717, 1.165) is 17.9 Å². The van der Waals surface area contributed by atoms with Crippen LogP contribution in [0.15, 0.2) is 29.2 Å². The minimum atomic E-state index is 0. The van der Waals surface area contributed by atoms with Crippen LogP contribution in [0.2, 0.25) is 0 Å². The Morgan fingerprint density at radius 3 is 2.67 bits per heavy atom. The summed E-state index contributed by atoms with van der Waals surface area (Å²) in [7, 11) is 0. The van der Waals surface area contributed by atoms with Crippen molar-refractivity contribution in [3.05, 3.63) is 29.8 Å². The molecule has 1 aromatic rings. The Kier molecular flexibility index (Phi) is 5.99. The Hall–Kier alpha value is -0.710. The Labute approximate surface area is 119 Å². The van der Waals surface area contributed by atoms with Gasteiger partial charge in [0.1, 0.15) is 0 Å². The number of amides is 1. The molecule has 1 aliphatic heterocycles. The van der Waals surface area contributed by atoms with Crippen LogP contribution < -0.4 is 5.73 Å². The van der Waals surface area contributed by atoms with Crippen molar-refractivity contribution < 1.29 is 4.79 Å². The molecule has 0 unspecified atom stereocenters. The molecule has 0 radical (unpaired) electrons. The monoisotopic (exact) mass is 286 g/mol. The van der Waals surface area contributed by atoms with Gasteiger partial charge in [0.05, 0.1) is 5.75 Å². The van der Waals surface area contributed by atoms with Gasteiger partial charge in [0, 0.05) is 24.0 Å². The molecule has 1 amide bonds. The standard InChI is InChI=1S/C13H18N2OS.ClH/c1-10-2-4-12(5-3-10)17-9-13(16)15-7-6-11(14)8-15;/h2-5,11H,6-9,14H2,1H3;1H/t11-;/m1./s1. The fourth-order valence-corrected chi connectivity index (χ4v) is 2.69. The Balaban J connectivity index is 0.00000162. The average Bonchev–Trinajstić information content (AvgIpc) is 2.75. The zero-order valence-electron chi connectivity index (χ0n) is 10.5. The van der Waals surface area contributed by atoms with Crippen LogP contribution in [0.1, 0.15) is 12.0 Å². The molecule has 2 N–H and O–H groups in total. The first-order valence-electron chi connectivity index (χ1n) is 5.88. The molecular weight excluding hydrogens is 268 g/mol. The van der Waals surface area contributed by atoms with E-state index in [0.29, 0.717) is 12.3 Å². The van der Waals surface area contributed by atoms with Crippen LogP contribution in [-0.2, 0) is 4.79 Å². The van der Waals surface area contributed by atoms with Crippen molar-refractivity contribution in [2.75, 3.05) is 18.8 Å². The maximum absolute atomic E-state index is 11.9. The highest BCUT2D eigenvalue weighted by molar-refractivity contribution is 8.00. The molecule has 1 fully saturated rings. The van der Waals surface area contributed by atoms with E-state index in [9.17, 15) is 4.79 Å². The third-order valence-electron chi connectivity index (χ3n) is 2.96. The highest BCUT2D eigenvalue weighted by Crippen LogP contribution is 2.19. The fraction of sp³-hybridized carbons (Fsp3) is 0.462. The minimum Gasteiger partial charge on any atom is -0.340 e. The molecule has 2 rings (SSSR count). The van der Waals surface area contributed by atoms with Gasteiger partial charge < -0.3 is 10.6 Å². The molecule has 0 aliphatic carbocycles. The maximum Gasteiger partial charge on any atom is 0.232 e. The first kappa shape index (κ1) is 15.3. The number of nitrogens with zero attached hydrogens (tertiary/aromatic N) is 1. The third-order valence-corrected chi connectivity index (χ3v) is 3.96. The first-order chi connectivity index (χ1) is 8.15. The molecule has 0 spiro atoms. The molecule has 1 heterocycles. The number of likely N-dealkylation sites (tertiary alicyclic amines) is 1. The topological polar surface area (TPSA) is 46.3 Å². The Morgan fingerprint density at radius 1 is 1.44 bits per heavy atom. The molecule has 3 nitrogen and oxygen atoms in total. The summed E-state index contributed by atoms with van der Waals surface area (Å²) in [5, 5.41) is 0. The molecule has 0 bridgehead atoms. The van der Waals surface area contributed by atoms with Crippen LogP contribution in [0, 0.1) is 6.92 Å². The third kappa shape index (κ3) is 4.19. The van der Waals surface area contributed by atoms with Crippen LogP contribution in [0.5, 0.6) is 0 Å². The van der Waals surface area contributed by atoms with Gasteiger partial charge in [-0.1, -0.05) is 17.7 Å². The van der Waals surface area contributed by atoms with Crippen molar-refractivity contribution in [3.8, 4) is 0 Å². The van der Waals surface area contributed by atoms with E-state index in [1.54, 1.807) is 11.8 Å². The van der Waals surface area contributed by atoms with Gasteiger partial charge >= 0.3 is 0 Å². The van der Waals surface area contributed by atoms with Crippen molar-refractivity contribution >= 4 is 30.1 Å². The van der Waals surface area contributed by atoms with Gasteiger partial charge in [-0.05, 0) is 25.5 Å². The number of nitrogens with two attached hydrogens (primary N) is 1. The van der Waals surface area contributed by atoms with E-state index < -0.39 is 0 Å². The summed E-state index contributed by atoms with van der Waals surface area (Å²) in [6.07, 6.45) is 0.931. The lowest BCUT2D eigenvalue weighted by Gasteiger charge is -2.15. The lowest BCUT2D eigenvalue weighted by molar-refractivity contribution is -0.127. The molecule has 1 saturated heterocycles. The van der Waals surface area contributed by atoms with Crippen LogP contribution in [0.3, 0.4) is 0 Å². The summed E-state index contributed by atoms with van der Waals surface area (Å²) < 4.78 is 0. The summed E-state index contributed by atoms with van der Waals surface area (Å²) in [4.78, 5) is 14.9. The largest absolute Gasteiger partial charge is 0.340 e. The van der Waals surface area contributed by atoms with Gasteiger partial charge in [-0.15, -0.1) is 24.2 Å². The van der Waals surface area contributed by atoms with E-state index in [-0.39, 0.29) is 24.4 Å². The van der Waals surface area contributed by atoms with E-state index in [2.05, 4.69) is 31.2 Å². The van der Waals surface area contributed by atoms with Gasteiger partial charge in [0.25, 0.3) is 0 Å². The number of carbonyl (C=O) groups is 1. The Bertz CT molecular complexity index is 396. The smallest absolute Gasteiger partial charge is 0.232 e. The normalized spacial score (nSPS) is 18.6. The summed E-state index contributed by atoms with van der Waals surface area (Å²) in [5.41, 5.74) is 7.03. The van der Waals surface area contributed by atoms with Crippen molar-refractivity contribution in [3.63, 3.8) is 0 Å². The number of benzene rings is 1. The van der Waals surface area contributed by atoms with Gasteiger partial charge in [-0.25, -0.2) is 0 Å². The predicted molar refractivity (Wildman–Crippen MR) is 78.3 cm³/mol. The maximum atomic E-state index is 11.9. The van der Waals surface area contributed by atoms with Crippen LogP contribution >= 0.6 is 24.2 Å². The average molecular weight is 287 g/mol. The van der Waals surface area contributed by atoms with E-state index >= 15 is 0 Å². The highest BCUT2D eigenvalue weighted by Gasteiger charge is 2.23. The minimum absolute atomic E-state index is 0. The lowest BCUT2D eigenvalue weighted by Crippen LogP contribution is -2.33.